The third-order valence-electron chi connectivity index (χ3n) is 4.87. The van der Waals surface area contributed by atoms with Crippen molar-refractivity contribution >= 4 is 39.9 Å². The van der Waals surface area contributed by atoms with Gasteiger partial charge < -0.3 is 5.32 Å². The van der Waals surface area contributed by atoms with Crippen LogP contribution in [0.2, 0.25) is 5.02 Å². The molecule has 0 radical (unpaired) electrons. The van der Waals surface area contributed by atoms with E-state index in [9.17, 15) is 0 Å². The van der Waals surface area contributed by atoms with Gasteiger partial charge in [-0.25, -0.2) is 0 Å². The van der Waals surface area contributed by atoms with Gasteiger partial charge in [0.2, 0.25) is 0 Å². The zero-order valence-corrected chi connectivity index (χ0v) is 15.2. The Labute approximate surface area is 149 Å². The topological polar surface area (TPSA) is 12.0 Å². The molecule has 22 heavy (non-hydrogen) atoms. The molecule has 112 valence electrons. The first-order valence-corrected chi connectivity index (χ1v) is 9.08. The van der Waals surface area contributed by atoms with Gasteiger partial charge >= 0.3 is 0 Å². The van der Waals surface area contributed by atoms with Gasteiger partial charge in [0.05, 0.1) is 6.04 Å². The van der Waals surface area contributed by atoms with Gasteiger partial charge in [0, 0.05) is 20.2 Å². The average Bonchev–Trinajstić information content (AvgIpc) is 2.97. The normalized spacial score (nSPS) is 25.5. The molecule has 1 aliphatic carbocycles. The van der Waals surface area contributed by atoms with Crippen LogP contribution in [0, 0.1) is 16.4 Å². The van der Waals surface area contributed by atoms with E-state index in [0.717, 1.165) is 11.4 Å². The highest BCUT2D eigenvalue weighted by Gasteiger charge is 2.39. The van der Waals surface area contributed by atoms with E-state index in [1.165, 1.54) is 25.9 Å². The Kier molecular flexibility index (Phi) is 3.69. The van der Waals surface area contributed by atoms with E-state index in [1.807, 2.05) is 12.1 Å². The van der Waals surface area contributed by atoms with Crippen LogP contribution < -0.4 is 5.32 Å². The van der Waals surface area contributed by atoms with Crippen LogP contribution in [-0.4, -0.2) is 0 Å². The molecule has 3 atom stereocenters. The van der Waals surface area contributed by atoms with Crippen molar-refractivity contribution in [2.75, 3.05) is 5.32 Å². The van der Waals surface area contributed by atoms with Crippen LogP contribution in [0.25, 0.3) is 0 Å². The lowest BCUT2D eigenvalue weighted by Crippen LogP contribution is -2.29. The Balaban J connectivity index is 1.86. The largest absolute Gasteiger partial charge is 0.377 e. The van der Waals surface area contributed by atoms with Crippen LogP contribution in [-0.2, 0) is 0 Å². The lowest BCUT2D eigenvalue weighted by molar-refractivity contribution is 0.425. The Morgan fingerprint density at radius 3 is 2.82 bits per heavy atom. The van der Waals surface area contributed by atoms with Gasteiger partial charge in [-0.1, -0.05) is 42.0 Å². The van der Waals surface area contributed by atoms with Gasteiger partial charge in [0.25, 0.3) is 0 Å². The highest BCUT2D eigenvalue weighted by atomic mass is 127. The van der Waals surface area contributed by atoms with Crippen molar-refractivity contribution in [1.82, 2.24) is 0 Å². The van der Waals surface area contributed by atoms with Crippen LogP contribution in [0.1, 0.15) is 35.1 Å². The van der Waals surface area contributed by atoms with E-state index in [4.69, 9.17) is 11.6 Å². The van der Waals surface area contributed by atoms with Gasteiger partial charge in [0.15, 0.2) is 0 Å². The Morgan fingerprint density at radius 2 is 2.00 bits per heavy atom. The minimum atomic E-state index is 0.278. The molecule has 3 heteroatoms. The minimum Gasteiger partial charge on any atom is -0.377 e. The summed E-state index contributed by atoms with van der Waals surface area (Å²) in [5.74, 6) is 1.04. The van der Waals surface area contributed by atoms with Gasteiger partial charge in [-0.2, -0.15) is 0 Å². The molecule has 0 saturated carbocycles. The maximum atomic E-state index is 6.48. The second-order valence-electron chi connectivity index (χ2n) is 6.18. The van der Waals surface area contributed by atoms with Crippen LogP contribution in [0.3, 0.4) is 0 Å². The van der Waals surface area contributed by atoms with E-state index >= 15 is 0 Å². The standard InChI is InChI=1S/C19H17ClIN/c1-11-9-12(21)10-16-13-6-4-7-14(13)19(22-18(11)16)15-5-2-3-8-17(15)20/h2-6,8-10,13-14,19,22H,7H2,1H3. The van der Waals surface area contributed by atoms with Crippen LogP contribution in [0.4, 0.5) is 5.69 Å². The van der Waals surface area contributed by atoms with E-state index in [0.29, 0.717) is 11.8 Å². The van der Waals surface area contributed by atoms with Crippen LogP contribution >= 0.6 is 34.2 Å². The lowest BCUT2D eigenvalue weighted by atomic mass is 9.76. The molecule has 0 spiro atoms. The van der Waals surface area contributed by atoms with E-state index in [1.54, 1.807) is 0 Å². The SMILES string of the molecule is Cc1cc(I)cc2c1NC(c1ccccc1Cl)C1CC=CC21. The zero-order valence-electron chi connectivity index (χ0n) is 12.3. The van der Waals surface area contributed by atoms with Crippen LogP contribution in [0.5, 0.6) is 0 Å². The third-order valence-corrected chi connectivity index (χ3v) is 5.84. The summed E-state index contributed by atoms with van der Waals surface area (Å²) in [6.07, 6.45) is 5.81. The summed E-state index contributed by atoms with van der Waals surface area (Å²) in [6.45, 7) is 2.19. The Morgan fingerprint density at radius 1 is 1.18 bits per heavy atom. The second kappa shape index (κ2) is 5.57. The molecule has 2 aliphatic rings. The molecule has 2 aromatic carbocycles. The number of nitrogens with one attached hydrogen (secondary N) is 1. The molecule has 0 fully saturated rings. The molecule has 1 N–H and O–H groups in total. The maximum absolute atomic E-state index is 6.48. The van der Waals surface area contributed by atoms with Crippen molar-refractivity contribution in [3.63, 3.8) is 0 Å². The van der Waals surface area contributed by atoms with Gasteiger partial charge in [-0.15, -0.1) is 0 Å². The van der Waals surface area contributed by atoms with Crippen LogP contribution in [0.15, 0.2) is 48.6 Å². The molecule has 2 aromatic rings. The molecular formula is C19H17ClIN. The highest BCUT2D eigenvalue weighted by Crippen LogP contribution is 2.51. The number of halogens is 2. The molecule has 3 unspecified atom stereocenters. The lowest BCUT2D eigenvalue weighted by Gasteiger charge is -2.38. The quantitative estimate of drug-likeness (QED) is 0.435. The number of hydrogen-bond donors (Lipinski definition) is 1. The fourth-order valence-electron chi connectivity index (χ4n) is 3.88. The summed E-state index contributed by atoms with van der Waals surface area (Å²) < 4.78 is 1.31. The predicted octanol–water partition coefficient (Wildman–Crippen LogP) is 6.08. The molecule has 1 aliphatic heterocycles. The summed E-state index contributed by atoms with van der Waals surface area (Å²) in [5.41, 5.74) is 5.26. The van der Waals surface area contributed by atoms with Gasteiger partial charge in [0.1, 0.15) is 0 Å². The number of hydrogen-bond acceptors (Lipinski definition) is 1. The molecule has 0 aromatic heterocycles. The molecular weight excluding hydrogens is 405 g/mol. The Bertz CT molecular complexity index is 768. The molecule has 1 nitrogen and oxygen atoms in total. The molecule has 0 bridgehead atoms. The summed E-state index contributed by atoms with van der Waals surface area (Å²) >= 11 is 8.89. The monoisotopic (exact) mass is 421 g/mol. The first kappa shape index (κ1) is 14.6. The first-order valence-electron chi connectivity index (χ1n) is 7.63. The van der Waals surface area contributed by atoms with Crippen molar-refractivity contribution in [3.8, 4) is 0 Å². The molecule has 0 amide bonds. The summed E-state index contributed by atoms with van der Waals surface area (Å²) in [4.78, 5) is 0. The molecule has 4 rings (SSSR count). The van der Waals surface area contributed by atoms with E-state index in [2.05, 4.69) is 71.2 Å². The van der Waals surface area contributed by atoms with Crippen molar-refractivity contribution in [2.24, 2.45) is 5.92 Å². The van der Waals surface area contributed by atoms with Crippen molar-refractivity contribution in [3.05, 3.63) is 73.8 Å². The van der Waals surface area contributed by atoms with Crippen molar-refractivity contribution in [1.29, 1.82) is 0 Å². The van der Waals surface area contributed by atoms with Crippen molar-refractivity contribution < 1.29 is 0 Å². The highest BCUT2D eigenvalue weighted by molar-refractivity contribution is 14.1. The van der Waals surface area contributed by atoms with E-state index < -0.39 is 0 Å². The number of aryl methyl sites for hydroxylation is 1. The average molecular weight is 422 g/mol. The maximum Gasteiger partial charge on any atom is 0.0568 e. The molecule has 0 saturated heterocycles. The number of rotatable bonds is 1. The fraction of sp³-hybridized carbons (Fsp3) is 0.263. The summed E-state index contributed by atoms with van der Waals surface area (Å²) in [6, 6.07) is 13.1. The fourth-order valence-corrected chi connectivity index (χ4v) is 4.93. The predicted molar refractivity (Wildman–Crippen MR) is 102 cm³/mol. The van der Waals surface area contributed by atoms with Gasteiger partial charge in [-0.3, -0.25) is 0 Å². The Hall–Kier alpha value is -1.00. The molecule has 1 heterocycles. The summed E-state index contributed by atoms with van der Waals surface area (Å²) in [7, 11) is 0. The zero-order chi connectivity index (χ0) is 15.3. The first-order chi connectivity index (χ1) is 10.6. The van der Waals surface area contributed by atoms with Crippen molar-refractivity contribution in [2.45, 2.75) is 25.3 Å². The summed E-state index contributed by atoms with van der Waals surface area (Å²) in [5, 5.41) is 4.65. The second-order valence-corrected chi connectivity index (χ2v) is 7.84. The smallest absolute Gasteiger partial charge is 0.0568 e. The third kappa shape index (κ3) is 2.28. The van der Waals surface area contributed by atoms with E-state index in [-0.39, 0.29) is 6.04 Å². The number of anilines is 1. The number of fused-ring (bicyclic) bond motifs is 3. The number of benzene rings is 2. The number of allylic oxidation sites excluding steroid dienone is 2. The van der Waals surface area contributed by atoms with Gasteiger partial charge in [-0.05, 0) is 76.7 Å². The minimum absolute atomic E-state index is 0.278.